The van der Waals surface area contributed by atoms with Crippen molar-refractivity contribution in [3.63, 3.8) is 0 Å². The standard InChI is InChI=1S/2C19H22F2NO2S.2C5H5.Ti/c2*1-15(2)14-22(25(23,24)18-8-4-3-5-9-18)12-6-7-16-10-11-17(20)13-19(16)21;2*1-2-4-5-3-1;/h2*3-5,8-11,15H,6-7,12,14H2,1-2H3;2*1-3H,4H2;. The molecule has 4 aromatic rings. The number of rotatable bonds is 20. The van der Waals surface area contributed by atoms with Gasteiger partial charge in [-0.15, -0.1) is 0 Å². The van der Waals surface area contributed by atoms with Gasteiger partial charge >= 0.3 is 365 Å². The monoisotopic (exact) mass is 910 g/mol. The molecule has 13 heteroatoms. The van der Waals surface area contributed by atoms with E-state index in [-0.39, 0.29) is 105 Å². The number of aryl methyl sites for hydroxylation is 2. The van der Waals surface area contributed by atoms with Crippen molar-refractivity contribution in [1.29, 1.82) is 0 Å². The minimum absolute atomic E-state index is 0.00446. The SMILES string of the molecule is CC(C)CN(CCCc1ccc(F)[c]([Ti]([C]2=CC=CC2)([C]2=CC=CC2)[c]2c(F)ccc(CCCN(CC(C)C)S(=O)(=O)c3ccccc3)c2F)c1F)S(=O)(=O)c1ccccc1. The second-order valence-corrected chi connectivity index (χ2v) is 26.3. The van der Waals surface area contributed by atoms with Gasteiger partial charge in [0.25, 0.3) is 0 Å². The van der Waals surface area contributed by atoms with Gasteiger partial charge in [-0.2, -0.15) is 0 Å². The Hall–Kier alpha value is -3.91. The van der Waals surface area contributed by atoms with E-state index in [2.05, 4.69) is 0 Å². The Labute approximate surface area is 362 Å². The molecule has 0 aromatic heterocycles. The van der Waals surface area contributed by atoms with Crippen molar-refractivity contribution in [1.82, 2.24) is 8.61 Å². The topological polar surface area (TPSA) is 74.8 Å². The number of sulfonamides is 2. The molecule has 0 amide bonds. The molecule has 0 spiro atoms. The zero-order valence-electron chi connectivity index (χ0n) is 35.1. The number of allylic oxidation sites excluding steroid dienone is 8. The molecule has 0 bridgehead atoms. The van der Waals surface area contributed by atoms with Crippen LogP contribution in [-0.2, 0) is 49.5 Å². The number of halogens is 4. The molecular formula is C48H54F4N2O4S2Ti. The van der Waals surface area contributed by atoms with Crippen molar-refractivity contribution in [2.24, 2.45) is 11.8 Å². The first-order valence-corrected chi connectivity index (χ1v) is 26.9. The van der Waals surface area contributed by atoms with Crippen molar-refractivity contribution in [3.05, 3.63) is 164 Å². The summed E-state index contributed by atoms with van der Waals surface area (Å²) in [6, 6.07) is 21.2. The molecule has 324 valence electrons. The zero-order valence-corrected chi connectivity index (χ0v) is 38.3. The fourth-order valence-electron chi connectivity index (χ4n) is 8.50. The van der Waals surface area contributed by atoms with E-state index in [0.717, 1.165) is 0 Å². The summed E-state index contributed by atoms with van der Waals surface area (Å²) in [5, 5.41) is 0. The first kappa shape index (κ1) is 46.6. The molecule has 0 atom stereocenters. The Balaban J connectivity index is 1.39. The molecule has 2 aliphatic carbocycles. The second-order valence-electron chi connectivity index (χ2n) is 16.5. The molecular weight excluding hydrogens is 857 g/mol. The normalized spacial score (nSPS) is 14.6. The number of nitrogens with zero attached hydrogens (tertiary/aromatic N) is 2. The second kappa shape index (κ2) is 20.1. The van der Waals surface area contributed by atoms with Gasteiger partial charge in [0.2, 0.25) is 0 Å². The van der Waals surface area contributed by atoms with Crippen molar-refractivity contribution >= 4 is 27.8 Å². The number of benzene rings is 4. The fourth-order valence-corrected chi connectivity index (χ4v) is 20.2. The van der Waals surface area contributed by atoms with Crippen LogP contribution < -0.4 is 7.74 Å². The van der Waals surface area contributed by atoms with Gasteiger partial charge in [-0.05, 0) is 0 Å². The molecule has 0 saturated heterocycles. The van der Waals surface area contributed by atoms with Gasteiger partial charge in [-0.25, -0.2) is 0 Å². The molecule has 6 rings (SSSR count). The van der Waals surface area contributed by atoms with Crippen LogP contribution in [0.15, 0.2) is 139 Å². The molecule has 61 heavy (non-hydrogen) atoms. The summed E-state index contributed by atoms with van der Waals surface area (Å²) in [4.78, 5) is 0.300. The molecule has 0 fully saturated rings. The van der Waals surface area contributed by atoms with E-state index in [1.54, 1.807) is 60.7 Å². The van der Waals surface area contributed by atoms with Gasteiger partial charge in [-0.3, -0.25) is 0 Å². The van der Waals surface area contributed by atoms with Gasteiger partial charge in [0.05, 0.1) is 0 Å². The average Bonchev–Trinajstić information content (AvgIpc) is 3.98. The summed E-state index contributed by atoms with van der Waals surface area (Å²) < 4.78 is 127. The van der Waals surface area contributed by atoms with Crippen molar-refractivity contribution in [3.8, 4) is 0 Å². The predicted molar refractivity (Wildman–Crippen MR) is 232 cm³/mol. The first-order chi connectivity index (χ1) is 29.1. The van der Waals surface area contributed by atoms with Crippen LogP contribution in [0.1, 0.15) is 64.5 Å². The Morgan fingerprint density at radius 1 is 0.557 bits per heavy atom. The summed E-state index contributed by atoms with van der Waals surface area (Å²) in [6.45, 7) is 8.28. The molecule has 2 aliphatic rings. The summed E-state index contributed by atoms with van der Waals surface area (Å²) >= 11 is -5.16. The maximum atomic E-state index is 17.5. The van der Waals surface area contributed by atoms with Gasteiger partial charge in [0.1, 0.15) is 0 Å². The molecule has 0 unspecified atom stereocenters. The minimum atomic E-state index is -5.16. The summed E-state index contributed by atoms with van der Waals surface area (Å²) in [7, 11) is -7.73. The molecule has 6 nitrogen and oxygen atoms in total. The first-order valence-electron chi connectivity index (χ1n) is 20.9. The van der Waals surface area contributed by atoms with Crippen molar-refractivity contribution < 1.29 is 51.0 Å². The van der Waals surface area contributed by atoms with Crippen LogP contribution in [0.4, 0.5) is 17.6 Å². The molecule has 0 heterocycles. The summed E-state index contributed by atoms with van der Waals surface area (Å²) in [5.74, 6) is -3.53. The third-order valence-corrected chi connectivity index (χ3v) is 22.9. The van der Waals surface area contributed by atoms with Crippen molar-refractivity contribution in [2.45, 2.75) is 76.0 Å². The third-order valence-electron chi connectivity index (χ3n) is 11.2. The van der Waals surface area contributed by atoms with Gasteiger partial charge < -0.3 is 0 Å². The molecule has 0 saturated carbocycles. The van der Waals surface area contributed by atoms with Crippen LogP contribution in [-0.4, -0.2) is 51.6 Å². The molecule has 0 aliphatic heterocycles. The van der Waals surface area contributed by atoms with E-state index >= 15 is 17.6 Å². The Bertz CT molecular complexity index is 2370. The Morgan fingerprint density at radius 3 is 1.26 bits per heavy atom. The van der Waals surface area contributed by atoms with E-state index in [9.17, 15) is 16.8 Å². The molecule has 4 aromatic carbocycles. The van der Waals surface area contributed by atoms with Gasteiger partial charge in [0, 0.05) is 0 Å². The average molecular weight is 911 g/mol. The fraction of sp³-hybridized carbons (Fsp3) is 0.333. The third kappa shape index (κ3) is 10.0. The van der Waals surface area contributed by atoms with Gasteiger partial charge in [0.15, 0.2) is 0 Å². The van der Waals surface area contributed by atoms with Crippen LogP contribution >= 0.6 is 0 Å². The number of hydrogen-bond donors (Lipinski definition) is 0. The van der Waals surface area contributed by atoms with Crippen LogP contribution in [0.3, 0.4) is 0 Å². The van der Waals surface area contributed by atoms with E-state index in [4.69, 9.17) is 0 Å². The van der Waals surface area contributed by atoms with Crippen molar-refractivity contribution in [2.75, 3.05) is 26.2 Å². The van der Waals surface area contributed by atoms with Crippen LogP contribution in [0.5, 0.6) is 0 Å². The van der Waals surface area contributed by atoms with E-state index in [1.807, 2.05) is 39.8 Å². The maximum absolute atomic E-state index is 17.5. The Morgan fingerprint density at radius 2 is 0.934 bits per heavy atom. The quantitative estimate of drug-likeness (QED) is 0.0655. The van der Waals surface area contributed by atoms with Crippen LogP contribution in [0.25, 0.3) is 0 Å². The predicted octanol–water partition coefficient (Wildman–Crippen LogP) is 9.59. The van der Waals surface area contributed by atoms with E-state index < -0.39 is 59.9 Å². The summed E-state index contributed by atoms with van der Waals surface area (Å²) in [5.41, 5.74) is 0.265. The molecule has 0 radical (unpaired) electrons. The number of hydrogen-bond acceptors (Lipinski definition) is 4. The molecule has 0 N–H and O–H groups in total. The van der Waals surface area contributed by atoms with E-state index in [0.29, 0.717) is 7.76 Å². The van der Waals surface area contributed by atoms with Gasteiger partial charge in [-0.1, -0.05) is 0 Å². The van der Waals surface area contributed by atoms with E-state index in [1.165, 1.54) is 57.1 Å². The van der Waals surface area contributed by atoms with Crippen LogP contribution in [0.2, 0.25) is 0 Å². The summed E-state index contributed by atoms with van der Waals surface area (Å²) in [6.07, 6.45) is 11.7. The van der Waals surface area contributed by atoms with Crippen LogP contribution in [0, 0.1) is 35.1 Å². The Kier molecular flexibility index (Phi) is 15.3. The zero-order chi connectivity index (χ0) is 44.0.